The Labute approximate surface area is 124 Å². The van der Waals surface area contributed by atoms with Gasteiger partial charge in [0.25, 0.3) is 0 Å². The van der Waals surface area contributed by atoms with E-state index in [0.717, 1.165) is 25.4 Å². The molecule has 0 amide bonds. The first kappa shape index (κ1) is 16.8. The summed E-state index contributed by atoms with van der Waals surface area (Å²) in [4.78, 5) is 2.34. The second kappa shape index (κ2) is 8.15. The number of nitrogens with zero attached hydrogens (tertiary/aromatic N) is 1. The molecular weight excluding hydrogens is 248 g/mol. The molecule has 0 fully saturated rings. The minimum atomic E-state index is 0.327. The molecule has 0 aliphatic heterocycles. The number of rotatable bonds is 9. The molecule has 0 aliphatic carbocycles. The highest BCUT2D eigenvalue weighted by Crippen LogP contribution is 2.29. The lowest BCUT2D eigenvalue weighted by molar-refractivity contribution is 0.257. The van der Waals surface area contributed by atoms with Gasteiger partial charge in [0.05, 0.1) is 7.11 Å². The lowest BCUT2D eigenvalue weighted by atomic mass is 9.81. The molecule has 3 heteroatoms. The van der Waals surface area contributed by atoms with Gasteiger partial charge in [-0.05, 0) is 36.9 Å². The minimum Gasteiger partial charge on any atom is -0.497 e. The largest absolute Gasteiger partial charge is 0.497 e. The van der Waals surface area contributed by atoms with Crippen molar-refractivity contribution in [2.75, 3.05) is 38.7 Å². The molecule has 0 aromatic heterocycles. The number of methoxy groups -OCH3 is 1. The normalized spacial score (nSPS) is 11.4. The highest BCUT2D eigenvalue weighted by molar-refractivity contribution is 5.50. The van der Waals surface area contributed by atoms with Crippen molar-refractivity contribution < 1.29 is 4.74 Å². The van der Waals surface area contributed by atoms with E-state index in [1.165, 1.54) is 18.5 Å². The van der Waals surface area contributed by atoms with Crippen LogP contribution in [0.1, 0.15) is 33.6 Å². The second-order valence-corrected chi connectivity index (χ2v) is 5.54. The van der Waals surface area contributed by atoms with Crippen LogP contribution >= 0.6 is 0 Å². The van der Waals surface area contributed by atoms with Crippen molar-refractivity contribution in [1.29, 1.82) is 0 Å². The van der Waals surface area contributed by atoms with Crippen LogP contribution in [-0.2, 0) is 0 Å². The maximum Gasteiger partial charge on any atom is 0.120 e. The van der Waals surface area contributed by atoms with E-state index in [2.05, 4.69) is 56.2 Å². The summed E-state index contributed by atoms with van der Waals surface area (Å²) in [6.45, 7) is 9.91. The maximum atomic E-state index is 5.31. The number of benzene rings is 1. The fourth-order valence-corrected chi connectivity index (χ4v) is 2.61. The van der Waals surface area contributed by atoms with E-state index >= 15 is 0 Å². The van der Waals surface area contributed by atoms with E-state index < -0.39 is 0 Å². The van der Waals surface area contributed by atoms with Crippen LogP contribution in [0.2, 0.25) is 0 Å². The molecule has 0 saturated carbocycles. The Kier molecular flexibility index (Phi) is 6.86. The predicted molar refractivity (Wildman–Crippen MR) is 87.8 cm³/mol. The van der Waals surface area contributed by atoms with Gasteiger partial charge in [0.2, 0.25) is 0 Å². The van der Waals surface area contributed by atoms with Crippen LogP contribution in [0.25, 0.3) is 0 Å². The molecule has 0 bridgehead atoms. The van der Waals surface area contributed by atoms with E-state index in [-0.39, 0.29) is 0 Å². The molecule has 1 rings (SSSR count). The van der Waals surface area contributed by atoms with Gasteiger partial charge in [0, 0.05) is 31.9 Å². The smallest absolute Gasteiger partial charge is 0.120 e. The summed E-state index contributed by atoms with van der Waals surface area (Å²) < 4.78 is 5.31. The van der Waals surface area contributed by atoms with Crippen molar-refractivity contribution in [3.8, 4) is 5.75 Å². The number of hydrogen-bond donors (Lipinski definition) is 1. The van der Waals surface area contributed by atoms with Crippen LogP contribution in [0.15, 0.2) is 24.3 Å². The molecule has 114 valence electrons. The van der Waals surface area contributed by atoms with Gasteiger partial charge >= 0.3 is 0 Å². The average molecular weight is 278 g/mol. The topological polar surface area (TPSA) is 24.5 Å². The molecular formula is C17H30N2O. The zero-order chi connectivity index (χ0) is 15.0. The summed E-state index contributed by atoms with van der Waals surface area (Å²) in [6, 6.07) is 8.28. The van der Waals surface area contributed by atoms with Crippen molar-refractivity contribution in [3.63, 3.8) is 0 Å². The molecule has 3 nitrogen and oxygen atoms in total. The van der Waals surface area contributed by atoms with Crippen LogP contribution < -0.4 is 15.0 Å². The number of hydrogen-bond acceptors (Lipinski definition) is 3. The number of anilines is 1. The third kappa shape index (κ3) is 4.41. The first-order valence-corrected chi connectivity index (χ1v) is 7.66. The van der Waals surface area contributed by atoms with Gasteiger partial charge in [-0.25, -0.2) is 0 Å². The van der Waals surface area contributed by atoms with Gasteiger partial charge in [-0.1, -0.05) is 26.8 Å². The lowest BCUT2D eigenvalue weighted by Crippen LogP contribution is -2.42. The standard InChI is InChI=1S/C17H30N2O/c1-6-17(7-2,13-18-8-3)14-19(4)15-10-9-11-16(12-15)20-5/h9-12,18H,6-8,13-14H2,1-5H3. The molecule has 1 aromatic rings. The van der Waals surface area contributed by atoms with Crippen LogP contribution in [0, 0.1) is 5.41 Å². The van der Waals surface area contributed by atoms with Crippen LogP contribution in [-0.4, -0.2) is 33.8 Å². The monoisotopic (exact) mass is 278 g/mol. The highest BCUT2D eigenvalue weighted by Gasteiger charge is 2.27. The van der Waals surface area contributed by atoms with Crippen molar-refractivity contribution in [1.82, 2.24) is 5.32 Å². The second-order valence-electron chi connectivity index (χ2n) is 5.54. The summed E-state index contributed by atoms with van der Waals surface area (Å²) >= 11 is 0. The SMILES string of the molecule is CCNCC(CC)(CC)CN(C)c1cccc(OC)c1. The van der Waals surface area contributed by atoms with Gasteiger partial charge in [-0.3, -0.25) is 0 Å². The molecule has 0 unspecified atom stereocenters. The van der Waals surface area contributed by atoms with Gasteiger partial charge in [-0.15, -0.1) is 0 Å². The summed E-state index contributed by atoms with van der Waals surface area (Å²) in [5.74, 6) is 0.916. The van der Waals surface area contributed by atoms with Gasteiger partial charge < -0.3 is 15.0 Å². The maximum absolute atomic E-state index is 5.31. The fourth-order valence-electron chi connectivity index (χ4n) is 2.61. The Morgan fingerprint density at radius 3 is 2.45 bits per heavy atom. The van der Waals surface area contributed by atoms with Crippen molar-refractivity contribution in [3.05, 3.63) is 24.3 Å². The highest BCUT2D eigenvalue weighted by atomic mass is 16.5. The van der Waals surface area contributed by atoms with Crippen LogP contribution in [0.4, 0.5) is 5.69 Å². The molecule has 0 radical (unpaired) electrons. The molecule has 20 heavy (non-hydrogen) atoms. The third-order valence-corrected chi connectivity index (χ3v) is 4.32. The molecule has 1 N–H and O–H groups in total. The van der Waals surface area contributed by atoms with Gasteiger partial charge in [0.15, 0.2) is 0 Å². The van der Waals surface area contributed by atoms with Crippen molar-refractivity contribution >= 4 is 5.69 Å². The molecule has 0 saturated heterocycles. The molecule has 0 aliphatic rings. The number of ether oxygens (including phenoxy) is 1. The Hall–Kier alpha value is -1.22. The Morgan fingerprint density at radius 1 is 1.20 bits per heavy atom. The first-order valence-electron chi connectivity index (χ1n) is 7.66. The summed E-state index contributed by atoms with van der Waals surface area (Å²) in [5, 5.41) is 3.52. The predicted octanol–water partition coefficient (Wildman–Crippen LogP) is 3.55. The van der Waals surface area contributed by atoms with Crippen molar-refractivity contribution in [2.45, 2.75) is 33.6 Å². The van der Waals surface area contributed by atoms with E-state index in [1.807, 2.05) is 6.07 Å². The average Bonchev–Trinajstić information content (AvgIpc) is 2.51. The van der Waals surface area contributed by atoms with E-state index in [4.69, 9.17) is 4.74 Å². The third-order valence-electron chi connectivity index (χ3n) is 4.32. The van der Waals surface area contributed by atoms with E-state index in [1.54, 1.807) is 7.11 Å². The minimum absolute atomic E-state index is 0.327. The van der Waals surface area contributed by atoms with Gasteiger partial charge in [0.1, 0.15) is 5.75 Å². The molecule has 1 aromatic carbocycles. The summed E-state index contributed by atoms with van der Waals surface area (Å²) in [7, 11) is 3.88. The lowest BCUT2D eigenvalue weighted by Gasteiger charge is -2.37. The quantitative estimate of drug-likeness (QED) is 0.747. The Morgan fingerprint density at radius 2 is 1.90 bits per heavy atom. The van der Waals surface area contributed by atoms with Gasteiger partial charge in [-0.2, -0.15) is 0 Å². The van der Waals surface area contributed by atoms with E-state index in [9.17, 15) is 0 Å². The Bertz CT molecular complexity index is 388. The molecule has 0 atom stereocenters. The van der Waals surface area contributed by atoms with E-state index in [0.29, 0.717) is 5.41 Å². The molecule has 0 spiro atoms. The fraction of sp³-hybridized carbons (Fsp3) is 0.647. The Balaban J connectivity index is 2.81. The first-order chi connectivity index (χ1) is 9.60. The summed E-state index contributed by atoms with van der Waals surface area (Å²) in [5.41, 5.74) is 1.54. The number of nitrogens with one attached hydrogen (secondary N) is 1. The molecule has 0 heterocycles. The van der Waals surface area contributed by atoms with Crippen LogP contribution in [0.3, 0.4) is 0 Å². The summed E-state index contributed by atoms with van der Waals surface area (Å²) in [6.07, 6.45) is 2.37. The zero-order valence-corrected chi connectivity index (χ0v) is 13.7. The van der Waals surface area contributed by atoms with Crippen LogP contribution in [0.5, 0.6) is 5.75 Å². The van der Waals surface area contributed by atoms with Crippen molar-refractivity contribution in [2.24, 2.45) is 5.41 Å². The zero-order valence-electron chi connectivity index (χ0n) is 13.7.